The smallest absolute Gasteiger partial charge is 0.187 e. The third kappa shape index (κ3) is 2.27. The Bertz CT molecular complexity index is 535. The van der Waals surface area contributed by atoms with Crippen LogP contribution in [-0.4, -0.2) is 17.1 Å². The molecule has 0 aliphatic rings. The maximum absolute atomic E-state index is 5.77. The molecule has 0 aliphatic carbocycles. The number of ether oxygens (including phenoxy) is 1. The van der Waals surface area contributed by atoms with Crippen LogP contribution in [0.25, 0.3) is 11.3 Å². The number of rotatable bonds is 3. The minimum absolute atomic E-state index is 0.357. The van der Waals surface area contributed by atoms with Crippen LogP contribution in [0.1, 0.15) is 25.3 Å². The highest BCUT2D eigenvalue weighted by molar-refractivity contribution is 5.71. The van der Waals surface area contributed by atoms with Gasteiger partial charge in [0.05, 0.1) is 7.11 Å². The lowest BCUT2D eigenvalue weighted by Crippen LogP contribution is -1.99. The van der Waals surface area contributed by atoms with Crippen molar-refractivity contribution in [3.05, 3.63) is 36.2 Å². The van der Waals surface area contributed by atoms with Gasteiger partial charge in [0.2, 0.25) is 0 Å². The molecule has 1 heterocycles. The summed E-state index contributed by atoms with van der Waals surface area (Å²) in [5.41, 5.74) is 8.76. The third-order valence-electron chi connectivity index (χ3n) is 2.89. The summed E-state index contributed by atoms with van der Waals surface area (Å²) in [6.07, 6.45) is 1.45. The van der Waals surface area contributed by atoms with Crippen molar-refractivity contribution in [2.75, 3.05) is 12.8 Å². The van der Waals surface area contributed by atoms with E-state index in [-0.39, 0.29) is 0 Å². The highest BCUT2D eigenvalue weighted by Gasteiger charge is 2.11. The molecule has 0 aliphatic heterocycles. The van der Waals surface area contributed by atoms with Gasteiger partial charge in [-0.05, 0) is 11.5 Å². The van der Waals surface area contributed by atoms with Crippen molar-refractivity contribution in [1.82, 2.24) is 9.97 Å². The Morgan fingerprint density at radius 2 is 1.78 bits per heavy atom. The Kier molecular flexibility index (Phi) is 3.46. The van der Waals surface area contributed by atoms with Gasteiger partial charge in [-0.25, -0.2) is 9.97 Å². The van der Waals surface area contributed by atoms with Gasteiger partial charge in [-0.1, -0.05) is 38.1 Å². The first kappa shape index (κ1) is 12.4. The second-order valence-corrected chi connectivity index (χ2v) is 4.42. The fourth-order valence-corrected chi connectivity index (χ4v) is 1.82. The molecule has 1 aromatic carbocycles. The molecule has 4 heteroatoms. The molecule has 0 radical (unpaired) electrons. The Hall–Kier alpha value is -2.10. The van der Waals surface area contributed by atoms with Crippen molar-refractivity contribution in [2.45, 2.75) is 19.8 Å². The first-order chi connectivity index (χ1) is 8.63. The molecule has 0 fully saturated rings. The first-order valence-corrected chi connectivity index (χ1v) is 5.88. The molecular formula is C14H17N3O. The molecule has 0 amide bonds. The lowest BCUT2D eigenvalue weighted by atomic mass is 10.0. The molecule has 2 aromatic rings. The van der Waals surface area contributed by atoms with Gasteiger partial charge in [0.1, 0.15) is 12.0 Å². The molecule has 1 aromatic heterocycles. The quantitative estimate of drug-likeness (QED) is 0.900. The highest BCUT2D eigenvalue weighted by Crippen LogP contribution is 2.31. The summed E-state index contributed by atoms with van der Waals surface area (Å²) < 4.78 is 5.26. The van der Waals surface area contributed by atoms with Gasteiger partial charge in [-0.2, -0.15) is 0 Å². The summed E-state index contributed by atoms with van der Waals surface area (Å²) in [5, 5.41) is 0. The lowest BCUT2D eigenvalue weighted by molar-refractivity contribution is 0.415. The number of nitrogens with two attached hydrogens (primary N) is 1. The molecular weight excluding hydrogens is 226 g/mol. The van der Waals surface area contributed by atoms with Crippen LogP contribution in [0.2, 0.25) is 0 Å². The van der Waals surface area contributed by atoms with E-state index in [0.717, 1.165) is 11.3 Å². The topological polar surface area (TPSA) is 61.0 Å². The fraction of sp³-hybridized carbons (Fsp3) is 0.286. The van der Waals surface area contributed by atoms with Crippen LogP contribution in [0.5, 0.6) is 5.75 Å². The average Bonchev–Trinajstić information content (AvgIpc) is 2.38. The molecule has 0 atom stereocenters. The third-order valence-corrected chi connectivity index (χ3v) is 2.89. The molecule has 4 nitrogen and oxygen atoms in total. The summed E-state index contributed by atoms with van der Waals surface area (Å²) >= 11 is 0. The molecule has 18 heavy (non-hydrogen) atoms. The summed E-state index contributed by atoms with van der Waals surface area (Å²) in [5.74, 6) is 1.39. The minimum atomic E-state index is 0.357. The summed E-state index contributed by atoms with van der Waals surface area (Å²) in [7, 11) is 1.57. The monoisotopic (exact) mass is 243 g/mol. The van der Waals surface area contributed by atoms with Gasteiger partial charge in [-0.3, -0.25) is 0 Å². The Morgan fingerprint density at radius 3 is 2.33 bits per heavy atom. The molecule has 0 saturated carbocycles. The number of nitrogens with zero attached hydrogens (tertiary/aromatic N) is 2. The second kappa shape index (κ2) is 5.04. The minimum Gasteiger partial charge on any atom is -0.491 e. The predicted molar refractivity (Wildman–Crippen MR) is 72.5 cm³/mol. The van der Waals surface area contributed by atoms with Crippen LogP contribution in [0, 0.1) is 0 Å². The SMILES string of the molecule is COc1c(N)ncnc1-c1ccc(C(C)C)cc1. The van der Waals surface area contributed by atoms with Gasteiger partial charge in [0.25, 0.3) is 0 Å². The van der Waals surface area contributed by atoms with E-state index >= 15 is 0 Å². The lowest BCUT2D eigenvalue weighted by Gasteiger charge is -2.10. The molecule has 0 unspecified atom stereocenters. The van der Waals surface area contributed by atoms with Gasteiger partial charge in [-0.15, -0.1) is 0 Å². The average molecular weight is 243 g/mol. The van der Waals surface area contributed by atoms with E-state index < -0.39 is 0 Å². The zero-order valence-corrected chi connectivity index (χ0v) is 10.8. The number of methoxy groups -OCH3 is 1. The van der Waals surface area contributed by atoms with Crippen LogP contribution < -0.4 is 10.5 Å². The van der Waals surface area contributed by atoms with Crippen LogP contribution in [-0.2, 0) is 0 Å². The summed E-state index contributed by atoms with van der Waals surface area (Å²) in [6.45, 7) is 4.33. The van der Waals surface area contributed by atoms with Gasteiger partial charge >= 0.3 is 0 Å². The van der Waals surface area contributed by atoms with Crippen molar-refractivity contribution >= 4 is 5.82 Å². The van der Waals surface area contributed by atoms with Crippen molar-refractivity contribution in [3.8, 4) is 17.0 Å². The van der Waals surface area contributed by atoms with E-state index in [0.29, 0.717) is 17.5 Å². The van der Waals surface area contributed by atoms with E-state index in [1.165, 1.54) is 11.9 Å². The van der Waals surface area contributed by atoms with E-state index in [9.17, 15) is 0 Å². The van der Waals surface area contributed by atoms with Crippen LogP contribution in [0.3, 0.4) is 0 Å². The van der Waals surface area contributed by atoms with Gasteiger partial charge < -0.3 is 10.5 Å². The van der Waals surface area contributed by atoms with Crippen LogP contribution >= 0.6 is 0 Å². The largest absolute Gasteiger partial charge is 0.491 e. The number of anilines is 1. The maximum Gasteiger partial charge on any atom is 0.187 e. The zero-order chi connectivity index (χ0) is 13.1. The number of hydrogen-bond donors (Lipinski definition) is 1. The molecule has 2 N–H and O–H groups in total. The number of aromatic nitrogens is 2. The van der Waals surface area contributed by atoms with Crippen molar-refractivity contribution in [2.24, 2.45) is 0 Å². The molecule has 2 rings (SSSR count). The standard InChI is InChI=1S/C14H17N3O/c1-9(2)10-4-6-11(7-5-10)12-13(18-3)14(15)17-8-16-12/h4-9H,1-3H3,(H2,15,16,17). The van der Waals surface area contributed by atoms with Crippen LogP contribution in [0.4, 0.5) is 5.82 Å². The van der Waals surface area contributed by atoms with E-state index in [1.54, 1.807) is 7.11 Å². The Morgan fingerprint density at radius 1 is 1.11 bits per heavy atom. The highest BCUT2D eigenvalue weighted by atomic mass is 16.5. The van der Waals surface area contributed by atoms with E-state index in [2.05, 4.69) is 35.9 Å². The van der Waals surface area contributed by atoms with Gasteiger partial charge in [0, 0.05) is 5.56 Å². The molecule has 0 saturated heterocycles. The predicted octanol–water partition coefficient (Wildman–Crippen LogP) is 2.86. The zero-order valence-electron chi connectivity index (χ0n) is 10.8. The first-order valence-electron chi connectivity index (χ1n) is 5.88. The molecule has 0 spiro atoms. The summed E-state index contributed by atoms with van der Waals surface area (Å²) in [6, 6.07) is 8.24. The molecule has 94 valence electrons. The van der Waals surface area contributed by atoms with Crippen LogP contribution in [0.15, 0.2) is 30.6 Å². The fourth-order valence-electron chi connectivity index (χ4n) is 1.82. The maximum atomic E-state index is 5.77. The number of hydrogen-bond acceptors (Lipinski definition) is 4. The number of nitrogen functional groups attached to an aromatic ring is 1. The normalized spacial score (nSPS) is 10.7. The second-order valence-electron chi connectivity index (χ2n) is 4.42. The Balaban J connectivity index is 2.46. The van der Waals surface area contributed by atoms with E-state index in [4.69, 9.17) is 10.5 Å². The van der Waals surface area contributed by atoms with Crippen molar-refractivity contribution < 1.29 is 4.74 Å². The van der Waals surface area contributed by atoms with E-state index in [1.807, 2.05) is 12.1 Å². The van der Waals surface area contributed by atoms with Crippen molar-refractivity contribution in [3.63, 3.8) is 0 Å². The van der Waals surface area contributed by atoms with Gasteiger partial charge in [0.15, 0.2) is 11.6 Å². The van der Waals surface area contributed by atoms with Crippen molar-refractivity contribution in [1.29, 1.82) is 0 Å². The Labute approximate surface area is 107 Å². The number of benzene rings is 1. The molecule has 0 bridgehead atoms. The summed E-state index contributed by atoms with van der Waals surface area (Å²) in [4.78, 5) is 8.16.